The van der Waals surface area contributed by atoms with Crippen LogP contribution < -0.4 is 0 Å². The van der Waals surface area contributed by atoms with Crippen LogP contribution in [0.1, 0.15) is 39.7 Å². The highest BCUT2D eigenvalue weighted by Crippen LogP contribution is 2.28. The molecule has 3 aromatic heterocycles. The molecule has 0 unspecified atom stereocenters. The van der Waals surface area contributed by atoms with Gasteiger partial charge in [-0.2, -0.15) is 5.10 Å². The molecule has 4 aromatic rings. The van der Waals surface area contributed by atoms with Crippen molar-refractivity contribution in [2.24, 2.45) is 0 Å². The Hall–Kier alpha value is -4.01. The minimum atomic E-state index is -0.484. The number of ether oxygens (including phenoxy) is 1. The molecule has 1 aromatic carbocycles. The molecule has 0 radical (unpaired) electrons. The van der Waals surface area contributed by atoms with Crippen LogP contribution in [-0.2, 0) is 4.74 Å². The molecule has 0 N–H and O–H groups in total. The number of hydrogen-bond acceptors (Lipinski definition) is 7. The first kappa shape index (κ1) is 22.8. The normalized spacial score (nSPS) is 14.8. The van der Waals surface area contributed by atoms with E-state index in [1.807, 2.05) is 74.5 Å². The van der Waals surface area contributed by atoms with Gasteiger partial charge in [-0.1, -0.05) is 23.4 Å². The van der Waals surface area contributed by atoms with Gasteiger partial charge in [0.15, 0.2) is 5.82 Å². The van der Waals surface area contributed by atoms with Crippen LogP contribution in [0.5, 0.6) is 0 Å². The molecule has 9 nitrogen and oxygen atoms in total. The standard InChI is InChI=1S/C26H28N6O3/c1-26(2,3)35-25(33)31-9-7-23(8-10-31)32-16-21(14-29-32)20-12-27-24(28-13-20)19-6-4-5-18(11-19)22-15-30-34-17-22/h4-6,11-17,23H,7-10H2,1-3H3. The van der Waals surface area contributed by atoms with Gasteiger partial charge in [-0.05, 0) is 45.2 Å². The lowest BCUT2D eigenvalue weighted by atomic mass is 10.1. The summed E-state index contributed by atoms with van der Waals surface area (Å²) in [5, 5.41) is 8.35. The fourth-order valence-corrected chi connectivity index (χ4v) is 4.14. The van der Waals surface area contributed by atoms with E-state index in [1.165, 1.54) is 0 Å². The van der Waals surface area contributed by atoms with Crippen LogP contribution in [0.15, 0.2) is 66.0 Å². The van der Waals surface area contributed by atoms with Gasteiger partial charge in [0.2, 0.25) is 0 Å². The van der Waals surface area contributed by atoms with Crippen molar-refractivity contribution in [2.75, 3.05) is 13.1 Å². The lowest BCUT2D eigenvalue weighted by Crippen LogP contribution is -2.42. The Labute approximate surface area is 203 Å². The highest BCUT2D eigenvalue weighted by molar-refractivity contribution is 5.70. The zero-order valence-electron chi connectivity index (χ0n) is 20.1. The minimum absolute atomic E-state index is 0.239. The summed E-state index contributed by atoms with van der Waals surface area (Å²) in [4.78, 5) is 23.3. The number of hydrogen-bond donors (Lipinski definition) is 0. The zero-order chi connectivity index (χ0) is 24.4. The molecule has 180 valence electrons. The van der Waals surface area contributed by atoms with Crippen molar-refractivity contribution in [3.63, 3.8) is 0 Å². The number of carbonyl (C=O) groups is 1. The van der Waals surface area contributed by atoms with Gasteiger partial charge in [0.1, 0.15) is 11.9 Å². The SMILES string of the molecule is CC(C)(C)OC(=O)N1CCC(n2cc(-c3cnc(-c4cccc(-c5cnoc5)c4)nc3)cn2)CC1. The summed E-state index contributed by atoms with van der Waals surface area (Å²) in [7, 11) is 0. The van der Waals surface area contributed by atoms with Crippen LogP contribution in [0, 0.1) is 0 Å². The molecular formula is C26H28N6O3. The molecule has 4 heterocycles. The monoisotopic (exact) mass is 472 g/mol. The molecule has 0 aliphatic carbocycles. The van der Waals surface area contributed by atoms with E-state index >= 15 is 0 Å². The maximum absolute atomic E-state index is 12.3. The number of nitrogens with zero attached hydrogens (tertiary/aromatic N) is 6. The van der Waals surface area contributed by atoms with Crippen molar-refractivity contribution in [1.82, 2.24) is 29.8 Å². The first-order valence-electron chi connectivity index (χ1n) is 11.7. The number of amides is 1. The molecule has 1 aliphatic rings. The van der Waals surface area contributed by atoms with Gasteiger partial charge in [-0.3, -0.25) is 4.68 Å². The lowest BCUT2D eigenvalue weighted by Gasteiger charge is -2.33. The number of rotatable bonds is 4. The molecule has 5 rings (SSSR count). The molecule has 1 aliphatic heterocycles. The molecular weight excluding hydrogens is 444 g/mol. The molecule has 1 amide bonds. The van der Waals surface area contributed by atoms with Gasteiger partial charge in [-0.15, -0.1) is 0 Å². The third kappa shape index (κ3) is 5.24. The van der Waals surface area contributed by atoms with E-state index < -0.39 is 5.60 Å². The van der Waals surface area contributed by atoms with E-state index in [2.05, 4.69) is 20.2 Å². The van der Waals surface area contributed by atoms with Crippen LogP contribution in [0.2, 0.25) is 0 Å². The maximum Gasteiger partial charge on any atom is 0.410 e. The highest BCUT2D eigenvalue weighted by Gasteiger charge is 2.28. The molecule has 35 heavy (non-hydrogen) atoms. The predicted molar refractivity (Wildman–Crippen MR) is 130 cm³/mol. The summed E-state index contributed by atoms with van der Waals surface area (Å²) in [5.74, 6) is 0.647. The second-order valence-corrected chi connectivity index (χ2v) is 9.70. The van der Waals surface area contributed by atoms with Gasteiger partial charge in [0, 0.05) is 53.9 Å². The number of likely N-dealkylation sites (tertiary alicyclic amines) is 1. The highest BCUT2D eigenvalue weighted by atomic mass is 16.6. The van der Waals surface area contributed by atoms with E-state index in [4.69, 9.17) is 9.26 Å². The van der Waals surface area contributed by atoms with Gasteiger partial charge < -0.3 is 14.2 Å². The third-order valence-corrected chi connectivity index (χ3v) is 5.96. The van der Waals surface area contributed by atoms with Crippen LogP contribution in [0.25, 0.3) is 33.6 Å². The number of carbonyl (C=O) groups excluding carboxylic acids is 1. The Balaban J connectivity index is 1.24. The largest absolute Gasteiger partial charge is 0.444 e. The lowest BCUT2D eigenvalue weighted by molar-refractivity contribution is 0.0185. The first-order chi connectivity index (χ1) is 16.9. The summed E-state index contributed by atoms with van der Waals surface area (Å²) in [6.45, 7) is 6.96. The molecule has 0 bridgehead atoms. The molecule has 0 saturated carbocycles. The van der Waals surface area contributed by atoms with Crippen molar-refractivity contribution in [1.29, 1.82) is 0 Å². The molecule has 0 spiro atoms. The second-order valence-electron chi connectivity index (χ2n) is 9.70. The van der Waals surface area contributed by atoms with E-state index in [0.717, 1.165) is 40.7 Å². The van der Waals surface area contributed by atoms with Gasteiger partial charge >= 0.3 is 6.09 Å². The van der Waals surface area contributed by atoms with Crippen molar-refractivity contribution in [3.8, 4) is 33.6 Å². The Bertz CT molecular complexity index is 1280. The van der Waals surface area contributed by atoms with Crippen molar-refractivity contribution < 1.29 is 14.1 Å². The fourth-order valence-electron chi connectivity index (χ4n) is 4.14. The van der Waals surface area contributed by atoms with Crippen LogP contribution in [-0.4, -0.2) is 54.6 Å². The number of benzene rings is 1. The molecule has 9 heteroatoms. The smallest absolute Gasteiger partial charge is 0.410 e. The number of aromatic nitrogens is 5. The molecule has 0 atom stereocenters. The summed E-state index contributed by atoms with van der Waals surface area (Å²) in [6.07, 6.45) is 12.2. The van der Waals surface area contributed by atoms with E-state index in [9.17, 15) is 4.79 Å². The van der Waals surface area contributed by atoms with Crippen molar-refractivity contribution >= 4 is 6.09 Å². The molecule has 1 saturated heterocycles. The Kier molecular flexibility index (Phi) is 6.07. The Morgan fingerprint density at radius 3 is 2.40 bits per heavy atom. The van der Waals surface area contributed by atoms with Crippen molar-refractivity contribution in [2.45, 2.75) is 45.3 Å². The average molecular weight is 473 g/mol. The van der Waals surface area contributed by atoms with Crippen molar-refractivity contribution in [3.05, 3.63) is 61.5 Å². The average Bonchev–Trinajstić information content (AvgIpc) is 3.56. The Morgan fingerprint density at radius 1 is 0.971 bits per heavy atom. The Morgan fingerprint density at radius 2 is 1.71 bits per heavy atom. The van der Waals surface area contributed by atoms with E-state index in [0.29, 0.717) is 18.9 Å². The van der Waals surface area contributed by atoms with Gasteiger partial charge in [-0.25, -0.2) is 14.8 Å². The van der Waals surface area contributed by atoms with Crippen LogP contribution >= 0.6 is 0 Å². The zero-order valence-corrected chi connectivity index (χ0v) is 20.1. The summed E-state index contributed by atoms with van der Waals surface area (Å²) >= 11 is 0. The summed E-state index contributed by atoms with van der Waals surface area (Å²) < 4.78 is 12.4. The van der Waals surface area contributed by atoms with E-state index in [1.54, 1.807) is 17.4 Å². The summed E-state index contributed by atoms with van der Waals surface area (Å²) in [6, 6.07) is 8.20. The maximum atomic E-state index is 12.3. The summed E-state index contributed by atoms with van der Waals surface area (Å²) in [5.41, 5.74) is 4.21. The van der Waals surface area contributed by atoms with Crippen LogP contribution in [0.3, 0.4) is 0 Å². The third-order valence-electron chi connectivity index (χ3n) is 5.96. The molecule has 1 fully saturated rings. The van der Waals surface area contributed by atoms with Gasteiger partial charge in [0.25, 0.3) is 0 Å². The number of piperidine rings is 1. The predicted octanol–water partition coefficient (Wildman–Crippen LogP) is 5.23. The minimum Gasteiger partial charge on any atom is -0.444 e. The van der Waals surface area contributed by atoms with Gasteiger partial charge in [0.05, 0.1) is 18.4 Å². The van der Waals surface area contributed by atoms with E-state index in [-0.39, 0.29) is 12.1 Å². The topological polar surface area (TPSA) is 99.2 Å². The van der Waals surface area contributed by atoms with Crippen LogP contribution in [0.4, 0.5) is 4.79 Å². The quantitative estimate of drug-likeness (QED) is 0.401. The fraction of sp³-hybridized carbons (Fsp3) is 0.346. The first-order valence-corrected chi connectivity index (χ1v) is 11.7. The second kappa shape index (κ2) is 9.32.